The van der Waals surface area contributed by atoms with Gasteiger partial charge in [-0.05, 0) is 56.3 Å². The van der Waals surface area contributed by atoms with E-state index in [1.165, 1.54) is 18.9 Å². The summed E-state index contributed by atoms with van der Waals surface area (Å²) in [6, 6.07) is 12.7. The van der Waals surface area contributed by atoms with Crippen molar-refractivity contribution in [2.45, 2.75) is 31.7 Å². The van der Waals surface area contributed by atoms with Gasteiger partial charge in [0.2, 0.25) is 5.91 Å². The van der Waals surface area contributed by atoms with Crippen molar-refractivity contribution in [2.24, 2.45) is 0 Å². The van der Waals surface area contributed by atoms with Gasteiger partial charge in [0.25, 0.3) is 0 Å². The summed E-state index contributed by atoms with van der Waals surface area (Å²) in [4.78, 5) is 12.5. The van der Waals surface area contributed by atoms with E-state index in [2.05, 4.69) is 31.4 Å². The maximum absolute atomic E-state index is 12.5. The second-order valence-electron chi connectivity index (χ2n) is 6.48. The lowest BCUT2D eigenvalue weighted by Gasteiger charge is -2.15. The van der Waals surface area contributed by atoms with E-state index in [-0.39, 0.29) is 17.8 Å². The molecule has 1 amide bonds. The number of aromatic nitrogens is 3. The van der Waals surface area contributed by atoms with Gasteiger partial charge in [-0.25, -0.2) is 0 Å². The van der Waals surface area contributed by atoms with Gasteiger partial charge in [-0.2, -0.15) is 0 Å². The summed E-state index contributed by atoms with van der Waals surface area (Å²) in [6.45, 7) is 4.58. The number of amides is 1. The van der Waals surface area contributed by atoms with Crippen molar-refractivity contribution < 1.29 is 14.3 Å². The maximum Gasteiger partial charge on any atom is 0.234 e. The maximum atomic E-state index is 12.5. The lowest BCUT2D eigenvalue weighted by Crippen LogP contribution is -2.16. The molecule has 7 nitrogen and oxygen atoms in total. The number of carbonyl (C=O) groups excluding carboxylic acids is 1. The molecule has 0 radical (unpaired) electrons. The zero-order valence-electron chi connectivity index (χ0n) is 17.3. The minimum atomic E-state index is -0.299. The Hall–Kier alpha value is -2.23. The molecule has 0 aliphatic heterocycles. The summed E-state index contributed by atoms with van der Waals surface area (Å²) in [5.74, 6) is 1.95. The van der Waals surface area contributed by atoms with Crippen molar-refractivity contribution in [3.05, 3.63) is 57.8 Å². The molecule has 0 aliphatic rings. The van der Waals surface area contributed by atoms with Crippen LogP contribution in [0.5, 0.6) is 11.5 Å². The van der Waals surface area contributed by atoms with Crippen molar-refractivity contribution in [1.29, 1.82) is 0 Å². The van der Waals surface area contributed by atoms with Crippen molar-refractivity contribution in [2.75, 3.05) is 18.2 Å². The molecule has 0 saturated heterocycles. The van der Waals surface area contributed by atoms with Gasteiger partial charge in [0.1, 0.15) is 11.5 Å². The Bertz CT molecular complexity index is 1050. The van der Waals surface area contributed by atoms with Crippen LogP contribution in [-0.4, -0.2) is 33.5 Å². The Kier molecular flexibility index (Phi) is 8.22. The first-order chi connectivity index (χ1) is 14.9. The minimum absolute atomic E-state index is 0.162. The van der Waals surface area contributed by atoms with Crippen LogP contribution >= 0.6 is 39.3 Å². The molecule has 0 saturated carbocycles. The van der Waals surface area contributed by atoms with Crippen LogP contribution in [-0.2, 0) is 11.3 Å². The number of benzene rings is 2. The smallest absolute Gasteiger partial charge is 0.234 e. The number of hydrogen-bond donors (Lipinski definition) is 1. The molecule has 3 rings (SSSR count). The molecular weight excluding hydrogens is 504 g/mol. The molecule has 0 bridgehead atoms. The van der Waals surface area contributed by atoms with Gasteiger partial charge in [-0.3, -0.25) is 4.79 Å². The molecule has 164 valence electrons. The second-order valence-corrected chi connectivity index (χ2v) is 8.78. The van der Waals surface area contributed by atoms with Crippen LogP contribution < -0.4 is 14.8 Å². The SMILES string of the molecule is CCn1c(SCC(=O)Nc2cc(Cl)ccc2OC)nnc1C(C)Oc1ccc(Br)cc1. The molecule has 0 aliphatic carbocycles. The van der Waals surface area contributed by atoms with Gasteiger partial charge >= 0.3 is 0 Å². The number of rotatable bonds is 9. The van der Waals surface area contributed by atoms with Gasteiger partial charge in [-0.1, -0.05) is 39.3 Å². The molecule has 1 aromatic heterocycles. The zero-order valence-corrected chi connectivity index (χ0v) is 20.4. The van der Waals surface area contributed by atoms with Crippen molar-refractivity contribution in [1.82, 2.24) is 14.8 Å². The summed E-state index contributed by atoms with van der Waals surface area (Å²) >= 11 is 10.7. The number of carbonyl (C=O) groups is 1. The number of thioether (sulfide) groups is 1. The average molecular weight is 526 g/mol. The Balaban J connectivity index is 1.64. The number of methoxy groups -OCH3 is 1. The topological polar surface area (TPSA) is 78.3 Å². The number of ether oxygens (including phenoxy) is 2. The molecule has 2 aromatic carbocycles. The van der Waals surface area contributed by atoms with Crippen LogP contribution in [0.1, 0.15) is 25.8 Å². The van der Waals surface area contributed by atoms with Crippen molar-refractivity contribution >= 4 is 50.9 Å². The number of halogens is 2. The van der Waals surface area contributed by atoms with Gasteiger partial charge in [-0.15, -0.1) is 10.2 Å². The Morgan fingerprint density at radius 3 is 2.68 bits per heavy atom. The Morgan fingerprint density at radius 1 is 1.26 bits per heavy atom. The molecule has 3 aromatic rings. The second kappa shape index (κ2) is 10.9. The van der Waals surface area contributed by atoms with Gasteiger partial charge < -0.3 is 19.4 Å². The van der Waals surface area contributed by atoms with Gasteiger partial charge in [0.15, 0.2) is 17.1 Å². The van der Waals surface area contributed by atoms with Crippen LogP contribution in [0, 0.1) is 0 Å². The van der Waals surface area contributed by atoms with E-state index in [9.17, 15) is 4.79 Å². The molecule has 1 unspecified atom stereocenters. The third kappa shape index (κ3) is 6.15. The fourth-order valence-electron chi connectivity index (χ4n) is 2.87. The van der Waals surface area contributed by atoms with Crippen LogP contribution in [0.15, 0.2) is 52.1 Å². The monoisotopic (exact) mass is 524 g/mol. The minimum Gasteiger partial charge on any atom is -0.495 e. The molecule has 1 N–H and O–H groups in total. The standard InChI is InChI=1S/C21H22BrClN4O3S/c1-4-27-20(13(2)30-16-8-5-14(22)6-9-16)25-26-21(27)31-12-19(28)24-17-11-15(23)7-10-18(17)29-3/h5-11,13H,4,12H2,1-3H3,(H,24,28). The first-order valence-corrected chi connectivity index (χ1v) is 11.7. The number of anilines is 1. The van der Waals surface area contributed by atoms with E-state index >= 15 is 0 Å². The first-order valence-electron chi connectivity index (χ1n) is 9.52. The lowest BCUT2D eigenvalue weighted by molar-refractivity contribution is -0.113. The van der Waals surface area contributed by atoms with E-state index in [4.69, 9.17) is 21.1 Å². The molecule has 1 heterocycles. The average Bonchev–Trinajstić information content (AvgIpc) is 3.17. The number of nitrogens with zero attached hydrogens (tertiary/aromatic N) is 3. The highest BCUT2D eigenvalue weighted by Gasteiger charge is 2.20. The predicted octanol–water partition coefficient (Wildman–Crippen LogP) is 5.59. The number of nitrogens with one attached hydrogen (secondary N) is 1. The van der Waals surface area contributed by atoms with E-state index in [0.717, 1.165) is 10.2 Å². The molecule has 0 fully saturated rings. The Labute approximate surface area is 198 Å². The van der Waals surface area contributed by atoms with Crippen LogP contribution in [0.2, 0.25) is 5.02 Å². The van der Waals surface area contributed by atoms with Crippen molar-refractivity contribution in [3.8, 4) is 11.5 Å². The van der Waals surface area contributed by atoms with Crippen LogP contribution in [0.25, 0.3) is 0 Å². The molecular formula is C21H22BrClN4O3S. The molecule has 1 atom stereocenters. The molecule has 31 heavy (non-hydrogen) atoms. The summed E-state index contributed by atoms with van der Waals surface area (Å²) in [5.41, 5.74) is 0.523. The fraction of sp³-hybridized carbons (Fsp3) is 0.286. The quantitative estimate of drug-likeness (QED) is 0.367. The fourth-order valence-corrected chi connectivity index (χ4v) is 4.11. The highest BCUT2D eigenvalue weighted by Crippen LogP contribution is 2.29. The van der Waals surface area contributed by atoms with E-state index < -0.39 is 0 Å². The highest BCUT2D eigenvalue weighted by atomic mass is 79.9. The largest absolute Gasteiger partial charge is 0.495 e. The summed E-state index contributed by atoms with van der Waals surface area (Å²) in [5, 5.41) is 12.5. The summed E-state index contributed by atoms with van der Waals surface area (Å²) in [6.07, 6.45) is -0.299. The van der Waals surface area contributed by atoms with Crippen LogP contribution in [0.4, 0.5) is 5.69 Å². The molecule has 10 heteroatoms. The lowest BCUT2D eigenvalue weighted by atomic mass is 10.3. The first kappa shape index (κ1) is 23.4. The zero-order chi connectivity index (χ0) is 22.4. The highest BCUT2D eigenvalue weighted by molar-refractivity contribution is 9.10. The van der Waals surface area contributed by atoms with E-state index in [1.54, 1.807) is 18.2 Å². The summed E-state index contributed by atoms with van der Waals surface area (Å²) < 4.78 is 14.2. The third-order valence-electron chi connectivity index (χ3n) is 4.32. The van der Waals surface area contributed by atoms with Crippen LogP contribution in [0.3, 0.4) is 0 Å². The molecule has 0 spiro atoms. The van der Waals surface area contributed by atoms with E-state index in [0.29, 0.717) is 34.0 Å². The Morgan fingerprint density at radius 2 is 2.00 bits per heavy atom. The van der Waals surface area contributed by atoms with E-state index in [1.807, 2.05) is 42.7 Å². The van der Waals surface area contributed by atoms with Crippen molar-refractivity contribution in [3.63, 3.8) is 0 Å². The van der Waals surface area contributed by atoms with Gasteiger partial charge in [0.05, 0.1) is 18.6 Å². The predicted molar refractivity (Wildman–Crippen MR) is 126 cm³/mol. The normalized spacial score (nSPS) is 11.8. The summed E-state index contributed by atoms with van der Waals surface area (Å²) in [7, 11) is 1.54. The number of hydrogen-bond acceptors (Lipinski definition) is 6. The third-order valence-corrected chi connectivity index (χ3v) is 6.05. The van der Waals surface area contributed by atoms with Gasteiger partial charge in [0, 0.05) is 16.0 Å².